The van der Waals surface area contributed by atoms with E-state index in [1.807, 2.05) is 11.8 Å². The van der Waals surface area contributed by atoms with Gasteiger partial charge in [-0.05, 0) is 31.2 Å². The predicted molar refractivity (Wildman–Crippen MR) is 97.9 cm³/mol. The highest BCUT2D eigenvalue weighted by atomic mass is 19.4. The maximum absolute atomic E-state index is 12.2. The zero-order valence-electron chi connectivity index (χ0n) is 16.1. The van der Waals surface area contributed by atoms with Crippen LogP contribution in [0.5, 0.6) is 5.75 Å². The van der Waals surface area contributed by atoms with Crippen LogP contribution in [0.2, 0.25) is 0 Å². The summed E-state index contributed by atoms with van der Waals surface area (Å²) in [6.07, 6.45) is -4.75. The molecule has 1 aromatic carbocycles. The summed E-state index contributed by atoms with van der Waals surface area (Å²) in [4.78, 5) is 29.8. The Bertz CT molecular complexity index is 672. The van der Waals surface area contributed by atoms with E-state index in [0.717, 1.165) is 12.1 Å². The lowest BCUT2D eigenvalue weighted by atomic mass is 10.2. The average molecular weight is 402 g/mol. The van der Waals surface area contributed by atoms with E-state index in [9.17, 15) is 22.8 Å². The predicted octanol–water partition coefficient (Wildman–Crippen LogP) is 1.62. The number of nitrogens with one attached hydrogen (secondary N) is 1. The maximum atomic E-state index is 12.2. The Kier molecular flexibility index (Phi) is 7.25. The first-order valence-corrected chi connectivity index (χ1v) is 8.88. The standard InChI is InChI=1S/C18H25F3N4O3/c1-13(17(27)23(2)3)25-10-8-24(9-11-25)12-16(26)22-14-4-6-15(7-5-14)28-18(19,20)21/h4-7,13H,8-12H2,1-3H3,(H,22,26)/t13-/m0/s1. The number of anilines is 1. The van der Waals surface area contributed by atoms with Gasteiger partial charge in [0.1, 0.15) is 5.75 Å². The second-order valence-corrected chi connectivity index (χ2v) is 6.84. The number of carbonyl (C=O) groups is 2. The van der Waals surface area contributed by atoms with Gasteiger partial charge in [0.25, 0.3) is 0 Å². The van der Waals surface area contributed by atoms with Crippen molar-refractivity contribution in [1.29, 1.82) is 0 Å². The molecule has 2 amide bonds. The Hall–Kier alpha value is -2.33. The first-order valence-electron chi connectivity index (χ1n) is 8.88. The van der Waals surface area contributed by atoms with Gasteiger partial charge in [-0.25, -0.2) is 0 Å². The van der Waals surface area contributed by atoms with Crippen molar-refractivity contribution < 1.29 is 27.5 Å². The first-order chi connectivity index (χ1) is 13.0. The van der Waals surface area contributed by atoms with Crippen LogP contribution in [0.15, 0.2) is 24.3 Å². The van der Waals surface area contributed by atoms with Gasteiger partial charge in [0.15, 0.2) is 0 Å². The van der Waals surface area contributed by atoms with Crippen LogP contribution in [-0.4, -0.2) is 85.7 Å². The lowest BCUT2D eigenvalue weighted by molar-refractivity contribution is -0.274. The van der Waals surface area contributed by atoms with Gasteiger partial charge < -0.3 is 15.0 Å². The number of halogens is 3. The van der Waals surface area contributed by atoms with Crippen LogP contribution in [0.4, 0.5) is 18.9 Å². The average Bonchev–Trinajstić information content (AvgIpc) is 2.61. The van der Waals surface area contributed by atoms with Crippen LogP contribution < -0.4 is 10.1 Å². The summed E-state index contributed by atoms with van der Waals surface area (Å²) in [7, 11) is 3.45. The second kappa shape index (κ2) is 9.24. The number of ether oxygens (including phenoxy) is 1. The molecule has 7 nitrogen and oxygen atoms in total. The fraction of sp³-hybridized carbons (Fsp3) is 0.556. The fourth-order valence-corrected chi connectivity index (χ4v) is 2.98. The summed E-state index contributed by atoms with van der Waals surface area (Å²) in [6.45, 7) is 4.70. The molecule has 10 heteroatoms. The minimum atomic E-state index is -4.75. The molecule has 1 fully saturated rings. The van der Waals surface area contributed by atoms with Crippen molar-refractivity contribution >= 4 is 17.5 Å². The summed E-state index contributed by atoms with van der Waals surface area (Å²) >= 11 is 0. The summed E-state index contributed by atoms with van der Waals surface area (Å²) in [5.74, 6) is -0.553. The number of nitrogens with zero attached hydrogens (tertiary/aromatic N) is 3. The third-order valence-corrected chi connectivity index (χ3v) is 4.49. The molecular formula is C18H25F3N4O3. The number of carbonyl (C=O) groups excluding carboxylic acids is 2. The van der Waals surface area contributed by atoms with Crippen molar-refractivity contribution in [1.82, 2.24) is 14.7 Å². The molecule has 0 radical (unpaired) electrons. The Balaban J connectivity index is 1.78. The molecule has 1 aliphatic rings. The monoisotopic (exact) mass is 402 g/mol. The van der Waals surface area contributed by atoms with Crippen LogP contribution in [-0.2, 0) is 9.59 Å². The maximum Gasteiger partial charge on any atom is 0.573 e. The minimum Gasteiger partial charge on any atom is -0.406 e. The van der Waals surface area contributed by atoms with Gasteiger partial charge in [-0.2, -0.15) is 0 Å². The third kappa shape index (κ3) is 6.68. The van der Waals surface area contributed by atoms with Crippen molar-refractivity contribution in [3.05, 3.63) is 24.3 Å². The van der Waals surface area contributed by atoms with Crippen LogP contribution in [0, 0.1) is 0 Å². The van der Waals surface area contributed by atoms with Crippen LogP contribution in [0.1, 0.15) is 6.92 Å². The normalized spacial score (nSPS) is 17.1. The van der Waals surface area contributed by atoms with E-state index in [2.05, 4.69) is 15.0 Å². The molecule has 0 saturated carbocycles. The lowest BCUT2D eigenvalue weighted by Gasteiger charge is -2.37. The van der Waals surface area contributed by atoms with Gasteiger partial charge in [0.05, 0.1) is 12.6 Å². The summed E-state index contributed by atoms with van der Waals surface area (Å²) < 4.78 is 40.2. The Morgan fingerprint density at radius 3 is 2.21 bits per heavy atom. The lowest BCUT2D eigenvalue weighted by Crippen LogP contribution is -2.54. The van der Waals surface area contributed by atoms with Gasteiger partial charge in [-0.15, -0.1) is 13.2 Å². The zero-order valence-corrected chi connectivity index (χ0v) is 16.1. The number of piperazine rings is 1. The fourth-order valence-electron chi connectivity index (χ4n) is 2.98. The van der Waals surface area contributed by atoms with E-state index < -0.39 is 6.36 Å². The summed E-state index contributed by atoms with van der Waals surface area (Å²) in [5, 5.41) is 2.65. The molecule has 1 aliphatic heterocycles. The van der Waals surface area contributed by atoms with E-state index in [1.165, 1.54) is 12.1 Å². The van der Waals surface area contributed by atoms with E-state index in [4.69, 9.17) is 0 Å². The number of hydrogen-bond donors (Lipinski definition) is 1. The molecule has 2 rings (SSSR count). The molecule has 0 aromatic heterocycles. The molecule has 1 aromatic rings. The molecule has 28 heavy (non-hydrogen) atoms. The van der Waals surface area contributed by atoms with Crippen molar-refractivity contribution in [2.24, 2.45) is 0 Å². The summed E-state index contributed by atoms with van der Waals surface area (Å²) in [5.41, 5.74) is 0.392. The van der Waals surface area contributed by atoms with E-state index in [0.29, 0.717) is 31.9 Å². The number of rotatable bonds is 6. The molecule has 1 heterocycles. The van der Waals surface area contributed by atoms with Crippen molar-refractivity contribution in [3.8, 4) is 5.75 Å². The van der Waals surface area contributed by atoms with Crippen molar-refractivity contribution in [2.75, 3.05) is 52.1 Å². The molecule has 0 aliphatic carbocycles. The van der Waals surface area contributed by atoms with Crippen LogP contribution >= 0.6 is 0 Å². The zero-order chi connectivity index (χ0) is 20.9. The third-order valence-electron chi connectivity index (χ3n) is 4.49. The molecule has 1 atom stereocenters. The molecule has 0 unspecified atom stereocenters. The first kappa shape index (κ1) is 22.0. The van der Waals surface area contributed by atoms with E-state index >= 15 is 0 Å². The Morgan fingerprint density at radius 2 is 1.71 bits per heavy atom. The Labute approximate surface area is 162 Å². The van der Waals surface area contributed by atoms with Crippen molar-refractivity contribution in [3.63, 3.8) is 0 Å². The van der Waals surface area contributed by atoms with Gasteiger partial charge in [-0.3, -0.25) is 19.4 Å². The molecular weight excluding hydrogens is 377 g/mol. The van der Waals surface area contributed by atoms with E-state index in [-0.39, 0.29) is 30.2 Å². The number of benzene rings is 1. The number of alkyl halides is 3. The highest BCUT2D eigenvalue weighted by Crippen LogP contribution is 2.23. The second-order valence-electron chi connectivity index (χ2n) is 6.84. The molecule has 0 spiro atoms. The molecule has 0 bridgehead atoms. The minimum absolute atomic E-state index is 0.0455. The van der Waals surface area contributed by atoms with Crippen LogP contribution in [0.3, 0.4) is 0 Å². The van der Waals surface area contributed by atoms with E-state index in [1.54, 1.807) is 19.0 Å². The van der Waals surface area contributed by atoms with Gasteiger partial charge in [-0.1, -0.05) is 0 Å². The molecule has 1 saturated heterocycles. The summed E-state index contributed by atoms with van der Waals surface area (Å²) in [6, 6.07) is 4.79. The number of amides is 2. The molecule has 1 N–H and O–H groups in total. The van der Waals surface area contributed by atoms with Gasteiger partial charge in [0.2, 0.25) is 11.8 Å². The van der Waals surface area contributed by atoms with Gasteiger partial charge >= 0.3 is 6.36 Å². The topological polar surface area (TPSA) is 65.1 Å². The van der Waals surface area contributed by atoms with Crippen molar-refractivity contribution in [2.45, 2.75) is 19.3 Å². The smallest absolute Gasteiger partial charge is 0.406 e. The van der Waals surface area contributed by atoms with Crippen LogP contribution in [0.25, 0.3) is 0 Å². The number of likely N-dealkylation sites (N-methyl/N-ethyl adjacent to an activating group) is 1. The highest BCUT2D eigenvalue weighted by Gasteiger charge is 2.31. The molecule has 156 valence electrons. The van der Waals surface area contributed by atoms with Gasteiger partial charge in [0, 0.05) is 46.0 Å². The Morgan fingerprint density at radius 1 is 1.14 bits per heavy atom. The SMILES string of the molecule is C[C@@H](C(=O)N(C)C)N1CCN(CC(=O)Nc2ccc(OC(F)(F)F)cc2)CC1. The number of hydrogen-bond acceptors (Lipinski definition) is 5. The quantitative estimate of drug-likeness (QED) is 0.784. The largest absolute Gasteiger partial charge is 0.573 e. The highest BCUT2D eigenvalue weighted by molar-refractivity contribution is 5.92.